The summed E-state index contributed by atoms with van der Waals surface area (Å²) >= 11 is 0. The molecule has 4 aliphatic rings. The Bertz CT molecular complexity index is 1020. The third-order valence-corrected chi connectivity index (χ3v) is 14.0. The maximum absolute atomic E-state index is 12.8. The molecule has 3 saturated carbocycles. The summed E-state index contributed by atoms with van der Waals surface area (Å²) in [7, 11) is 0. The molecule has 0 amide bonds. The molecule has 3 fully saturated rings. The lowest BCUT2D eigenvalue weighted by molar-refractivity contribution is -0.151. The molecule has 262 valence electrons. The van der Waals surface area contributed by atoms with E-state index in [-0.39, 0.29) is 12.1 Å². The van der Waals surface area contributed by atoms with Gasteiger partial charge in [0.2, 0.25) is 0 Å². The molecule has 4 aliphatic carbocycles. The van der Waals surface area contributed by atoms with Crippen LogP contribution in [0.25, 0.3) is 0 Å². The maximum atomic E-state index is 12.8. The highest BCUT2D eigenvalue weighted by molar-refractivity contribution is 5.69. The van der Waals surface area contributed by atoms with Crippen molar-refractivity contribution in [3.05, 3.63) is 36.0 Å². The second-order valence-electron chi connectivity index (χ2n) is 17.3. The van der Waals surface area contributed by atoms with Crippen LogP contribution in [-0.2, 0) is 9.53 Å². The molecule has 0 aromatic rings. The number of ether oxygens (including phenoxy) is 1. The first-order valence-corrected chi connectivity index (χ1v) is 20.3. The number of carbonyl (C=O) groups excluding carboxylic acids is 1. The van der Waals surface area contributed by atoms with E-state index < -0.39 is 0 Å². The smallest absolute Gasteiger partial charge is 0.306 e. The van der Waals surface area contributed by atoms with Gasteiger partial charge in [0.25, 0.3) is 0 Å². The first kappa shape index (κ1) is 37.5. The second kappa shape index (κ2) is 17.9. The van der Waals surface area contributed by atoms with Crippen LogP contribution in [0.1, 0.15) is 177 Å². The van der Waals surface area contributed by atoms with Crippen LogP contribution < -0.4 is 0 Å². The normalized spacial score (nSPS) is 33.9. The monoisotopic (exact) mass is 635 g/mol. The van der Waals surface area contributed by atoms with Crippen molar-refractivity contribution >= 4 is 5.97 Å². The third kappa shape index (κ3) is 9.43. The number of hydrogen-bond acceptors (Lipinski definition) is 2. The molecule has 1 unspecified atom stereocenters. The van der Waals surface area contributed by atoms with E-state index in [1.807, 2.05) is 0 Å². The molecule has 9 atom stereocenters. The van der Waals surface area contributed by atoms with E-state index in [9.17, 15) is 4.79 Å². The lowest BCUT2D eigenvalue weighted by atomic mass is 9.47. The number of carbonyl (C=O) groups is 1. The summed E-state index contributed by atoms with van der Waals surface area (Å²) in [6, 6.07) is 0. The summed E-state index contributed by atoms with van der Waals surface area (Å²) in [4.78, 5) is 12.8. The Hall–Kier alpha value is -1.31. The van der Waals surface area contributed by atoms with E-state index in [1.165, 1.54) is 96.3 Å². The number of hydrogen-bond donors (Lipinski definition) is 0. The van der Waals surface area contributed by atoms with Crippen LogP contribution in [0, 0.1) is 52.3 Å². The summed E-state index contributed by atoms with van der Waals surface area (Å²) in [5.74, 6) is 5.46. The SMILES string of the molecule is CCCCCCC=CCCCCCCCC(=O)OC1CC[C@@]2(C)C(=CC[C@H]3[C@@H]4CC[C@H]([C@H](C)C=C[C@H](C)C(C)C)[C@@]4(C)CC[C@@H]32)C1. The molecule has 0 aliphatic heterocycles. The highest BCUT2D eigenvalue weighted by Crippen LogP contribution is 2.67. The molecule has 46 heavy (non-hydrogen) atoms. The first-order chi connectivity index (χ1) is 22.1. The predicted molar refractivity (Wildman–Crippen MR) is 198 cm³/mol. The van der Waals surface area contributed by atoms with Crippen molar-refractivity contribution in [1.29, 1.82) is 0 Å². The lowest BCUT2D eigenvalue weighted by Gasteiger charge is -2.58. The molecule has 0 radical (unpaired) electrons. The average Bonchev–Trinajstić information content (AvgIpc) is 3.39. The Morgan fingerprint density at radius 2 is 1.54 bits per heavy atom. The van der Waals surface area contributed by atoms with Gasteiger partial charge in [0.1, 0.15) is 6.10 Å². The van der Waals surface area contributed by atoms with E-state index in [0.717, 1.165) is 55.3 Å². The van der Waals surface area contributed by atoms with Gasteiger partial charge in [0, 0.05) is 12.8 Å². The van der Waals surface area contributed by atoms with Crippen LogP contribution >= 0.6 is 0 Å². The molecule has 0 N–H and O–H groups in total. The van der Waals surface area contributed by atoms with Gasteiger partial charge in [-0.25, -0.2) is 0 Å². The average molecular weight is 635 g/mol. The van der Waals surface area contributed by atoms with Crippen molar-refractivity contribution < 1.29 is 9.53 Å². The molecule has 0 saturated heterocycles. The number of unbranched alkanes of at least 4 members (excludes halogenated alkanes) is 9. The van der Waals surface area contributed by atoms with E-state index in [0.29, 0.717) is 29.1 Å². The van der Waals surface area contributed by atoms with Crippen molar-refractivity contribution in [1.82, 2.24) is 0 Å². The standard InChI is InChI=1S/C44H74O2/c1-8-9-10-11-12-13-14-15-16-17-18-19-20-21-42(45)46-37-28-30-43(6)36(32-37)24-25-38-40-27-26-39(44(40,7)31-29-41(38)43)35(5)23-22-34(4)33(2)3/h13-14,22-24,33-35,37-41H,8-12,15-21,25-32H2,1-7H3/t34-,35+,37?,38-,39+,40-,41-,43-,44+/m0/s1. The summed E-state index contributed by atoms with van der Waals surface area (Å²) < 4.78 is 6.11. The fourth-order valence-corrected chi connectivity index (χ4v) is 10.6. The lowest BCUT2D eigenvalue weighted by Crippen LogP contribution is -2.51. The molecule has 0 bridgehead atoms. The summed E-state index contributed by atoms with van der Waals surface area (Å²) in [5.41, 5.74) is 2.43. The zero-order valence-electron chi connectivity index (χ0n) is 31.5. The van der Waals surface area contributed by atoms with Crippen LogP contribution in [0.3, 0.4) is 0 Å². The van der Waals surface area contributed by atoms with Gasteiger partial charge < -0.3 is 4.74 Å². The van der Waals surface area contributed by atoms with E-state index in [1.54, 1.807) is 5.57 Å². The number of esters is 1. The zero-order chi connectivity index (χ0) is 33.2. The maximum Gasteiger partial charge on any atom is 0.306 e. The molecule has 0 aromatic carbocycles. The molecule has 0 heterocycles. The zero-order valence-corrected chi connectivity index (χ0v) is 31.5. The molecule has 4 rings (SSSR count). The predicted octanol–water partition coefficient (Wildman–Crippen LogP) is 13.2. The fourth-order valence-electron chi connectivity index (χ4n) is 10.6. The Morgan fingerprint density at radius 1 is 0.848 bits per heavy atom. The summed E-state index contributed by atoms with van der Waals surface area (Å²) in [5, 5.41) is 0. The molecular weight excluding hydrogens is 560 g/mol. The molecular formula is C44H74O2. The minimum atomic E-state index is 0.0466. The van der Waals surface area contributed by atoms with Gasteiger partial charge in [-0.1, -0.05) is 123 Å². The van der Waals surface area contributed by atoms with Crippen molar-refractivity contribution in [2.24, 2.45) is 52.3 Å². The second-order valence-corrected chi connectivity index (χ2v) is 17.3. The number of rotatable bonds is 18. The van der Waals surface area contributed by atoms with Crippen molar-refractivity contribution in [3.8, 4) is 0 Å². The van der Waals surface area contributed by atoms with Crippen LogP contribution in [0.2, 0.25) is 0 Å². The quantitative estimate of drug-likeness (QED) is 0.0852. The minimum absolute atomic E-state index is 0.0466. The highest BCUT2D eigenvalue weighted by Gasteiger charge is 2.59. The highest BCUT2D eigenvalue weighted by atomic mass is 16.5. The topological polar surface area (TPSA) is 26.3 Å². The van der Waals surface area contributed by atoms with Gasteiger partial charge in [-0.3, -0.25) is 4.79 Å². The van der Waals surface area contributed by atoms with E-state index >= 15 is 0 Å². The molecule has 0 spiro atoms. The Labute approximate surface area is 286 Å². The van der Waals surface area contributed by atoms with Gasteiger partial charge in [0.05, 0.1) is 0 Å². The van der Waals surface area contributed by atoms with Crippen LogP contribution in [0.5, 0.6) is 0 Å². The van der Waals surface area contributed by atoms with Gasteiger partial charge in [0.15, 0.2) is 0 Å². The molecule has 2 heteroatoms. The van der Waals surface area contributed by atoms with Gasteiger partial charge in [-0.15, -0.1) is 0 Å². The largest absolute Gasteiger partial charge is 0.462 e. The Kier molecular flexibility index (Phi) is 14.6. The molecule has 0 aromatic heterocycles. The van der Waals surface area contributed by atoms with Crippen LogP contribution in [0.4, 0.5) is 0 Å². The van der Waals surface area contributed by atoms with Gasteiger partial charge in [-0.2, -0.15) is 0 Å². The summed E-state index contributed by atoms with van der Waals surface area (Å²) in [6.07, 6.45) is 37.1. The van der Waals surface area contributed by atoms with E-state index in [2.05, 4.69) is 78.8 Å². The van der Waals surface area contributed by atoms with Gasteiger partial charge >= 0.3 is 5.97 Å². The fraction of sp³-hybridized carbons (Fsp3) is 0.841. The van der Waals surface area contributed by atoms with Crippen LogP contribution in [-0.4, -0.2) is 12.1 Å². The number of fused-ring (bicyclic) bond motifs is 5. The van der Waals surface area contributed by atoms with Crippen molar-refractivity contribution in [2.75, 3.05) is 0 Å². The minimum Gasteiger partial charge on any atom is -0.462 e. The first-order valence-electron chi connectivity index (χ1n) is 20.3. The third-order valence-electron chi connectivity index (χ3n) is 14.0. The van der Waals surface area contributed by atoms with Crippen molar-refractivity contribution in [3.63, 3.8) is 0 Å². The molecule has 2 nitrogen and oxygen atoms in total. The van der Waals surface area contributed by atoms with Crippen molar-refractivity contribution in [2.45, 2.75) is 183 Å². The van der Waals surface area contributed by atoms with Crippen LogP contribution in [0.15, 0.2) is 36.0 Å². The van der Waals surface area contributed by atoms with E-state index in [4.69, 9.17) is 4.74 Å². The Morgan fingerprint density at radius 3 is 2.26 bits per heavy atom. The number of allylic oxidation sites excluding steroid dienone is 5. The Balaban J connectivity index is 1.18. The summed E-state index contributed by atoms with van der Waals surface area (Å²) in [6.45, 7) is 17.1. The van der Waals surface area contributed by atoms with Gasteiger partial charge in [-0.05, 0) is 129 Å².